The maximum atomic E-state index is 10.8. The van der Waals surface area contributed by atoms with Gasteiger partial charge in [-0.3, -0.25) is 0 Å². The first-order valence-electron chi connectivity index (χ1n) is 6.66. The van der Waals surface area contributed by atoms with Crippen LogP contribution < -0.4 is 5.73 Å². The summed E-state index contributed by atoms with van der Waals surface area (Å²) in [5, 5.41) is 8.83. The van der Waals surface area contributed by atoms with E-state index in [0.717, 1.165) is 25.1 Å². The Balaban J connectivity index is 2.44. The van der Waals surface area contributed by atoms with Crippen LogP contribution in [0.15, 0.2) is 24.3 Å². The lowest BCUT2D eigenvalue weighted by molar-refractivity contribution is 0.0697. The highest BCUT2D eigenvalue weighted by Crippen LogP contribution is 2.09. The molecule has 0 heterocycles. The molecule has 1 unspecified atom stereocenters. The molecule has 0 fully saturated rings. The number of hydrogen-bond donors (Lipinski definition) is 2. The van der Waals surface area contributed by atoms with Crippen molar-refractivity contribution in [3.63, 3.8) is 0 Å². The van der Waals surface area contributed by atoms with Crippen LogP contribution >= 0.6 is 0 Å². The van der Waals surface area contributed by atoms with E-state index in [4.69, 9.17) is 10.8 Å². The molecule has 0 aliphatic heterocycles. The summed E-state index contributed by atoms with van der Waals surface area (Å²) in [6.45, 7) is 6.02. The minimum Gasteiger partial charge on any atom is -0.478 e. The van der Waals surface area contributed by atoms with E-state index >= 15 is 0 Å². The van der Waals surface area contributed by atoms with Crippen molar-refractivity contribution in [2.24, 2.45) is 11.7 Å². The molecule has 0 saturated heterocycles. The zero-order chi connectivity index (χ0) is 14.4. The molecule has 1 aromatic carbocycles. The van der Waals surface area contributed by atoms with Gasteiger partial charge < -0.3 is 15.7 Å². The molecular formula is C15H24N2O2. The molecule has 3 N–H and O–H groups in total. The quantitative estimate of drug-likeness (QED) is 0.792. The smallest absolute Gasteiger partial charge is 0.335 e. The molecule has 0 saturated carbocycles. The highest BCUT2D eigenvalue weighted by atomic mass is 16.4. The van der Waals surface area contributed by atoms with Crippen molar-refractivity contribution in [2.75, 3.05) is 13.6 Å². The number of carboxylic acids is 1. The number of aromatic carboxylic acids is 1. The second-order valence-corrected chi connectivity index (χ2v) is 5.44. The average molecular weight is 264 g/mol. The first kappa shape index (κ1) is 15.7. The maximum absolute atomic E-state index is 10.8. The Morgan fingerprint density at radius 3 is 2.37 bits per heavy atom. The van der Waals surface area contributed by atoms with Gasteiger partial charge in [0.25, 0.3) is 0 Å². The zero-order valence-electron chi connectivity index (χ0n) is 12.0. The Hall–Kier alpha value is -1.39. The third kappa shape index (κ3) is 5.41. The Morgan fingerprint density at radius 2 is 1.89 bits per heavy atom. The summed E-state index contributed by atoms with van der Waals surface area (Å²) in [6.07, 6.45) is 0.974. The van der Waals surface area contributed by atoms with Gasteiger partial charge >= 0.3 is 5.97 Å². The molecule has 0 aliphatic carbocycles. The summed E-state index contributed by atoms with van der Waals surface area (Å²) in [5.74, 6) is -0.383. The van der Waals surface area contributed by atoms with Crippen LogP contribution in [0.4, 0.5) is 0 Å². The lowest BCUT2D eigenvalue weighted by atomic mass is 10.0. The summed E-state index contributed by atoms with van der Waals surface area (Å²) in [7, 11) is 2.05. The van der Waals surface area contributed by atoms with Crippen molar-refractivity contribution in [3.8, 4) is 0 Å². The van der Waals surface area contributed by atoms with Crippen molar-refractivity contribution < 1.29 is 9.90 Å². The second kappa shape index (κ2) is 7.26. The summed E-state index contributed by atoms with van der Waals surface area (Å²) < 4.78 is 0. The Morgan fingerprint density at radius 1 is 1.32 bits per heavy atom. The first-order valence-corrected chi connectivity index (χ1v) is 6.66. The number of nitrogens with two attached hydrogens (primary N) is 1. The van der Waals surface area contributed by atoms with E-state index in [2.05, 4.69) is 25.8 Å². The van der Waals surface area contributed by atoms with Crippen LogP contribution in [0.2, 0.25) is 0 Å². The number of carbonyl (C=O) groups is 1. The Kier molecular flexibility index (Phi) is 5.99. The number of hydrogen-bond acceptors (Lipinski definition) is 3. The van der Waals surface area contributed by atoms with Crippen LogP contribution in [-0.4, -0.2) is 35.6 Å². The normalized spacial score (nSPS) is 12.9. The van der Waals surface area contributed by atoms with Crippen molar-refractivity contribution in [1.29, 1.82) is 0 Å². The summed E-state index contributed by atoms with van der Waals surface area (Å²) in [6, 6.07) is 7.25. The molecule has 106 valence electrons. The molecule has 0 aromatic heterocycles. The van der Waals surface area contributed by atoms with Crippen LogP contribution in [0.25, 0.3) is 0 Å². The second-order valence-electron chi connectivity index (χ2n) is 5.44. The molecule has 1 atom stereocenters. The van der Waals surface area contributed by atoms with Gasteiger partial charge in [0.2, 0.25) is 0 Å². The third-order valence-electron chi connectivity index (χ3n) is 3.35. The number of benzene rings is 1. The van der Waals surface area contributed by atoms with E-state index in [1.807, 2.05) is 12.1 Å². The van der Waals surface area contributed by atoms with Gasteiger partial charge in [-0.2, -0.15) is 0 Å². The van der Waals surface area contributed by atoms with Crippen LogP contribution in [0.3, 0.4) is 0 Å². The minimum absolute atomic E-state index is 0.233. The highest BCUT2D eigenvalue weighted by molar-refractivity contribution is 5.87. The molecule has 0 radical (unpaired) electrons. The largest absolute Gasteiger partial charge is 0.478 e. The number of nitrogens with zero attached hydrogens (tertiary/aromatic N) is 1. The summed E-state index contributed by atoms with van der Waals surface area (Å²) in [5.41, 5.74) is 7.46. The van der Waals surface area contributed by atoms with E-state index in [1.165, 1.54) is 0 Å². The fourth-order valence-electron chi connectivity index (χ4n) is 1.85. The standard InChI is InChI=1S/C15H24N2O2/c1-11(2)14(16)8-9-17(3)10-12-4-6-13(7-5-12)15(18)19/h4-7,11,14H,8-10,16H2,1-3H3,(H,18,19). The molecular weight excluding hydrogens is 240 g/mol. The lowest BCUT2D eigenvalue weighted by Crippen LogP contribution is -2.31. The summed E-state index contributed by atoms with van der Waals surface area (Å²) in [4.78, 5) is 13.0. The molecule has 19 heavy (non-hydrogen) atoms. The molecule has 4 nitrogen and oxygen atoms in total. The van der Waals surface area contributed by atoms with Crippen molar-refractivity contribution in [2.45, 2.75) is 32.9 Å². The third-order valence-corrected chi connectivity index (χ3v) is 3.35. The molecule has 0 aliphatic rings. The molecule has 0 bridgehead atoms. The molecule has 0 amide bonds. The lowest BCUT2D eigenvalue weighted by Gasteiger charge is -2.21. The average Bonchev–Trinajstić information content (AvgIpc) is 2.36. The minimum atomic E-state index is -0.886. The SMILES string of the molecule is CC(C)C(N)CCN(C)Cc1ccc(C(=O)O)cc1. The van der Waals surface area contributed by atoms with E-state index < -0.39 is 5.97 Å². The van der Waals surface area contributed by atoms with Crippen molar-refractivity contribution in [3.05, 3.63) is 35.4 Å². The molecule has 0 spiro atoms. The predicted octanol–water partition coefficient (Wildman–Crippen LogP) is 2.19. The van der Waals surface area contributed by atoms with Gasteiger partial charge in [0, 0.05) is 12.6 Å². The fraction of sp³-hybridized carbons (Fsp3) is 0.533. The van der Waals surface area contributed by atoms with E-state index in [0.29, 0.717) is 11.5 Å². The predicted molar refractivity (Wildman–Crippen MR) is 77.2 cm³/mol. The van der Waals surface area contributed by atoms with Gasteiger partial charge in [-0.25, -0.2) is 4.79 Å². The van der Waals surface area contributed by atoms with Gasteiger partial charge in [0.05, 0.1) is 5.56 Å². The first-order chi connectivity index (χ1) is 8.90. The molecule has 1 aromatic rings. The molecule has 1 rings (SSSR count). The van der Waals surface area contributed by atoms with Crippen molar-refractivity contribution in [1.82, 2.24) is 4.90 Å². The number of rotatable bonds is 7. The monoisotopic (exact) mass is 264 g/mol. The van der Waals surface area contributed by atoms with Crippen LogP contribution in [0.1, 0.15) is 36.2 Å². The topological polar surface area (TPSA) is 66.6 Å². The van der Waals surface area contributed by atoms with Gasteiger partial charge in [-0.05, 0) is 43.6 Å². The zero-order valence-corrected chi connectivity index (χ0v) is 12.0. The van der Waals surface area contributed by atoms with Gasteiger partial charge in [0.1, 0.15) is 0 Å². The number of carboxylic acid groups (broad SMARTS) is 1. The Labute approximate surface area is 115 Å². The van der Waals surface area contributed by atoms with E-state index in [-0.39, 0.29) is 6.04 Å². The van der Waals surface area contributed by atoms with Crippen LogP contribution in [0.5, 0.6) is 0 Å². The fourth-order valence-corrected chi connectivity index (χ4v) is 1.85. The summed E-state index contributed by atoms with van der Waals surface area (Å²) >= 11 is 0. The highest BCUT2D eigenvalue weighted by Gasteiger charge is 2.09. The van der Waals surface area contributed by atoms with Crippen molar-refractivity contribution >= 4 is 5.97 Å². The van der Waals surface area contributed by atoms with Gasteiger partial charge in [-0.1, -0.05) is 26.0 Å². The van der Waals surface area contributed by atoms with E-state index in [9.17, 15) is 4.79 Å². The Bertz CT molecular complexity index is 401. The maximum Gasteiger partial charge on any atom is 0.335 e. The van der Waals surface area contributed by atoms with Crippen LogP contribution in [-0.2, 0) is 6.54 Å². The molecule has 4 heteroatoms. The van der Waals surface area contributed by atoms with Gasteiger partial charge in [-0.15, -0.1) is 0 Å². The van der Waals surface area contributed by atoms with Crippen LogP contribution in [0, 0.1) is 5.92 Å². The van der Waals surface area contributed by atoms with E-state index in [1.54, 1.807) is 12.1 Å². The van der Waals surface area contributed by atoms with Gasteiger partial charge in [0.15, 0.2) is 0 Å².